The van der Waals surface area contributed by atoms with Crippen LogP contribution in [-0.2, 0) is 10.0 Å². The van der Waals surface area contributed by atoms with Crippen LogP contribution in [0.5, 0.6) is 0 Å². The van der Waals surface area contributed by atoms with E-state index in [0.717, 1.165) is 0 Å². The molecule has 0 bridgehead atoms. The van der Waals surface area contributed by atoms with Crippen LogP contribution < -0.4 is 11.1 Å². The number of hydrogen-bond acceptors (Lipinski definition) is 6. The predicted molar refractivity (Wildman–Crippen MR) is 135 cm³/mol. The van der Waals surface area contributed by atoms with E-state index in [9.17, 15) is 17.2 Å². The number of rotatable bonds is 4. The minimum atomic E-state index is -4.05. The van der Waals surface area contributed by atoms with Gasteiger partial charge in [-0.25, -0.2) is 22.2 Å². The predicted octanol–water partition coefficient (Wildman–Crippen LogP) is 3.84. The van der Waals surface area contributed by atoms with Crippen molar-refractivity contribution < 1.29 is 17.2 Å². The molecule has 0 spiro atoms. The zero-order valence-electron chi connectivity index (χ0n) is 19.4. The van der Waals surface area contributed by atoms with Gasteiger partial charge >= 0.3 is 0 Å². The largest absolute Gasteiger partial charge is 0.370 e. The SMILES string of the molecule is N#Cc1ccc(S(=O)(=O)N2CC3=C(NC(N)=NC3c3ccccc3F)/C(=C/c3ccccc3F)C2)cc1. The van der Waals surface area contributed by atoms with Crippen LogP contribution in [-0.4, -0.2) is 31.8 Å². The summed E-state index contributed by atoms with van der Waals surface area (Å²) >= 11 is 0. The summed E-state index contributed by atoms with van der Waals surface area (Å²) in [5, 5.41) is 12.1. The maximum atomic E-state index is 14.8. The van der Waals surface area contributed by atoms with Crippen LogP contribution in [0.4, 0.5) is 8.78 Å². The van der Waals surface area contributed by atoms with Gasteiger partial charge in [-0.3, -0.25) is 0 Å². The van der Waals surface area contributed by atoms with Crippen LogP contribution in [0.3, 0.4) is 0 Å². The van der Waals surface area contributed by atoms with E-state index in [-0.39, 0.29) is 35.1 Å². The second kappa shape index (κ2) is 9.61. The Morgan fingerprint density at radius 3 is 2.35 bits per heavy atom. The van der Waals surface area contributed by atoms with Gasteiger partial charge in [0.05, 0.1) is 16.5 Å². The molecule has 2 aliphatic rings. The van der Waals surface area contributed by atoms with Crippen molar-refractivity contribution in [3.8, 4) is 6.07 Å². The summed E-state index contributed by atoms with van der Waals surface area (Å²) in [6, 6.07) is 18.8. The Bertz CT molecular complexity index is 1620. The molecule has 0 amide bonds. The van der Waals surface area contributed by atoms with Crippen molar-refractivity contribution in [1.29, 1.82) is 5.26 Å². The number of aliphatic imine (C=N–C) groups is 1. The summed E-state index contributed by atoms with van der Waals surface area (Å²) in [5.74, 6) is -0.952. The Kier molecular flexibility index (Phi) is 6.33. The van der Waals surface area contributed by atoms with E-state index >= 15 is 0 Å². The van der Waals surface area contributed by atoms with E-state index in [4.69, 9.17) is 11.0 Å². The topological polar surface area (TPSA) is 112 Å². The van der Waals surface area contributed by atoms with E-state index in [1.54, 1.807) is 42.5 Å². The first-order valence-corrected chi connectivity index (χ1v) is 12.8. The second-order valence-electron chi connectivity index (χ2n) is 8.56. The van der Waals surface area contributed by atoms with Gasteiger partial charge in [-0.2, -0.15) is 9.57 Å². The Labute approximate surface area is 212 Å². The molecule has 2 aliphatic heterocycles. The number of benzene rings is 3. The van der Waals surface area contributed by atoms with Gasteiger partial charge in [0, 0.05) is 29.9 Å². The van der Waals surface area contributed by atoms with Crippen LogP contribution in [0, 0.1) is 23.0 Å². The molecule has 1 atom stereocenters. The van der Waals surface area contributed by atoms with Gasteiger partial charge in [0.2, 0.25) is 10.0 Å². The summed E-state index contributed by atoms with van der Waals surface area (Å²) in [5.41, 5.74) is 8.29. The molecule has 3 aromatic rings. The van der Waals surface area contributed by atoms with Gasteiger partial charge < -0.3 is 11.1 Å². The van der Waals surface area contributed by atoms with Crippen molar-refractivity contribution in [3.05, 3.63) is 118 Å². The average Bonchev–Trinajstić information content (AvgIpc) is 2.90. The molecule has 7 nitrogen and oxygen atoms in total. The van der Waals surface area contributed by atoms with Crippen molar-refractivity contribution in [2.24, 2.45) is 10.7 Å². The fourth-order valence-electron chi connectivity index (χ4n) is 4.43. The monoisotopic (exact) mass is 517 g/mol. The molecule has 0 radical (unpaired) electrons. The highest BCUT2D eigenvalue weighted by atomic mass is 32.2. The molecule has 10 heteroatoms. The second-order valence-corrected chi connectivity index (χ2v) is 10.5. The molecule has 2 heterocycles. The lowest BCUT2D eigenvalue weighted by atomic mass is 9.90. The lowest BCUT2D eigenvalue weighted by Gasteiger charge is -2.37. The van der Waals surface area contributed by atoms with Crippen LogP contribution in [0.1, 0.15) is 22.7 Å². The van der Waals surface area contributed by atoms with Gasteiger partial charge in [0.15, 0.2) is 5.96 Å². The van der Waals surface area contributed by atoms with E-state index < -0.39 is 27.7 Å². The number of guanidine groups is 1. The first-order chi connectivity index (χ1) is 17.8. The van der Waals surface area contributed by atoms with Crippen LogP contribution in [0.25, 0.3) is 6.08 Å². The van der Waals surface area contributed by atoms with E-state index in [1.165, 1.54) is 40.7 Å². The molecule has 3 aromatic carbocycles. The normalized spacial score (nSPS) is 19.1. The van der Waals surface area contributed by atoms with Crippen LogP contribution >= 0.6 is 0 Å². The Balaban J connectivity index is 1.66. The minimum Gasteiger partial charge on any atom is -0.370 e. The first kappa shape index (κ1) is 24.4. The third-order valence-corrected chi connectivity index (χ3v) is 8.05. The van der Waals surface area contributed by atoms with Gasteiger partial charge in [0.1, 0.15) is 17.7 Å². The van der Waals surface area contributed by atoms with Gasteiger partial charge in [-0.05, 0) is 53.6 Å². The van der Waals surface area contributed by atoms with Gasteiger partial charge in [-0.1, -0.05) is 36.4 Å². The highest BCUT2D eigenvalue weighted by molar-refractivity contribution is 7.89. The Morgan fingerprint density at radius 1 is 1.00 bits per heavy atom. The average molecular weight is 518 g/mol. The quantitative estimate of drug-likeness (QED) is 0.546. The summed E-state index contributed by atoms with van der Waals surface area (Å²) in [6.07, 6.45) is 1.55. The standard InChI is InChI=1S/C27H21F2N5O2S/c28-23-7-3-1-5-18(23)13-19-15-34(37(35,36)20-11-9-17(14-30)10-12-20)16-22-25(19)32-27(31)33-26(22)21-6-2-4-8-24(21)29/h1-13,26H,15-16H2,(H3,31,32,33)/b19-13+. The molecule has 186 valence electrons. The molecule has 0 saturated heterocycles. The van der Waals surface area contributed by atoms with E-state index in [0.29, 0.717) is 22.4 Å². The van der Waals surface area contributed by atoms with Crippen molar-refractivity contribution in [1.82, 2.24) is 9.62 Å². The molecular formula is C27H21F2N5O2S. The molecule has 5 rings (SSSR count). The molecular weight excluding hydrogens is 496 g/mol. The summed E-state index contributed by atoms with van der Waals surface area (Å²) in [6.45, 7) is -0.200. The zero-order chi connectivity index (χ0) is 26.2. The highest BCUT2D eigenvalue weighted by Gasteiger charge is 2.38. The van der Waals surface area contributed by atoms with Crippen molar-refractivity contribution in [2.45, 2.75) is 10.9 Å². The third kappa shape index (κ3) is 4.62. The van der Waals surface area contributed by atoms with Crippen molar-refractivity contribution in [2.75, 3.05) is 13.1 Å². The summed E-state index contributed by atoms with van der Waals surface area (Å²) in [4.78, 5) is 4.39. The smallest absolute Gasteiger partial charge is 0.243 e. The maximum absolute atomic E-state index is 14.8. The fraction of sp³-hybridized carbons (Fsp3) is 0.111. The molecule has 0 saturated carbocycles. The molecule has 3 N–H and O–H groups in total. The first-order valence-electron chi connectivity index (χ1n) is 11.3. The zero-order valence-corrected chi connectivity index (χ0v) is 20.2. The lowest BCUT2D eigenvalue weighted by Crippen LogP contribution is -2.46. The molecule has 0 fully saturated rings. The number of nitriles is 1. The Hall–Kier alpha value is -4.33. The van der Waals surface area contributed by atoms with Gasteiger partial charge in [0.25, 0.3) is 0 Å². The number of nitrogens with zero attached hydrogens (tertiary/aromatic N) is 3. The van der Waals surface area contributed by atoms with E-state index in [2.05, 4.69) is 10.3 Å². The lowest BCUT2D eigenvalue weighted by molar-refractivity contribution is 0.434. The number of halogens is 2. The molecule has 0 aromatic heterocycles. The molecule has 1 unspecified atom stereocenters. The Morgan fingerprint density at radius 2 is 1.68 bits per heavy atom. The van der Waals surface area contributed by atoms with E-state index in [1.807, 2.05) is 6.07 Å². The molecule has 37 heavy (non-hydrogen) atoms. The van der Waals surface area contributed by atoms with Crippen molar-refractivity contribution in [3.63, 3.8) is 0 Å². The fourth-order valence-corrected chi connectivity index (χ4v) is 5.83. The van der Waals surface area contributed by atoms with Gasteiger partial charge in [-0.15, -0.1) is 0 Å². The minimum absolute atomic E-state index is 0.00461. The number of hydrogen-bond donors (Lipinski definition) is 2. The van der Waals surface area contributed by atoms with Crippen molar-refractivity contribution >= 4 is 22.1 Å². The third-order valence-electron chi connectivity index (χ3n) is 6.24. The number of nitrogens with one attached hydrogen (secondary N) is 1. The highest BCUT2D eigenvalue weighted by Crippen LogP contribution is 2.39. The number of nitrogens with two attached hydrogens (primary N) is 1. The van der Waals surface area contributed by atoms with Crippen LogP contribution in [0.15, 0.2) is 99.5 Å². The summed E-state index contributed by atoms with van der Waals surface area (Å²) in [7, 11) is -4.05. The molecule has 0 aliphatic carbocycles. The summed E-state index contributed by atoms with van der Waals surface area (Å²) < 4.78 is 58.0. The van der Waals surface area contributed by atoms with Crippen LogP contribution in [0.2, 0.25) is 0 Å². The number of sulfonamides is 1. The maximum Gasteiger partial charge on any atom is 0.243 e.